The first-order chi connectivity index (χ1) is 9.74. The Hall–Kier alpha value is -1.81. The molecule has 1 N–H and O–H groups in total. The fraction of sp³-hybridized carbons (Fsp3) is 0.188. The molecule has 0 aliphatic rings. The molecule has 20 heavy (non-hydrogen) atoms. The van der Waals surface area contributed by atoms with E-state index in [0.717, 1.165) is 11.3 Å². The predicted octanol–water partition coefficient (Wildman–Crippen LogP) is 3.38. The number of nitrogens with one attached hydrogen (secondary N) is 1. The Balaban J connectivity index is 1.67. The van der Waals surface area contributed by atoms with Crippen LogP contribution in [0.3, 0.4) is 0 Å². The number of thioether (sulfide) groups is 1. The summed E-state index contributed by atoms with van der Waals surface area (Å²) < 4.78 is 12.7. The van der Waals surface area contributed by atoms with Crippen LogP contribution >= 0.6 is 11.8 Å². The molecule has 0 spiro atoms. The van der Waals surface area contributed by atoms with Gasteiger partial charge in [-0.15, -0.1) is 11.8 Å². The maximum Gasteiger partial charge on any atom is 0.230 e. The van der Waals surface area contributed by atoms with E-state index in [9.17, 15) is 9.18 Å². The van der Waals surface area contributed by atoms with Crippen molar-refractivity contribution in [1.82, 2.24) is 5.32 Å². The second-order valence-corrected chi connectivity index (χ2v) is 5.37. The third-order valence-corrected chi connectivity index (χ3v) is 3.75. The highest BCUT2D eigenvalue weighted by Crippen LogP contribution is 2.11. The number of carbonyl (C=O) groups excluding carboxylic acids is 1. The lowest BCUT2D eigenvalue weighted by Crippen LogP contribution is -2.24. The van der Waals surface area contributed by atoms with Crippen LogP contribution in [0.4, 0.5) is 4.39 Å². The highest BCUT2D eigenvalue weighted by atomic mass is 32.2. The topological polar surface area (TPSA) is 29.1 Å². The Morgan fingerprint density at radius 2 is 1.70 bits per heavy atom. The molecule has 0 atom stereocenters. The van der Waals surface area contributed by atoms with Gasteiger partial charge in [0.25, 0.3) is 0 Å². The average molecular weight is 289 g/mol. The number of hydrogen-bond donors (Lipinski definition) is 1. The number of carbonyl (C=O) groups is 1. The van der Waals surface area contributed by atoms with Gasteiger partial charge in [0.15, 0.2) is 0 Å². The summed E-state index contributed by atoms with van der Waals surface area (Å²) in [5, 5.41) is 2.82. The molecule has 0 heterocycles. The van der Waals surface area contributed by atoms with Crippen molar-refractivity contribution in [1.29, 1.82) is 0 Å². The number of rotatable bonds is 6. The van der Waals surface area contributed by atoms with Crippen molar-refractivity contribution in [3.8, 4) is 0 Å². The van der Waals surface area contributed by atoms with E-state index >= 15 is 0 Å². The van der Waals surface area contributed by atoms with Crippen molar-refractivity contribution >= 4 is 17.7 Å². The number of amides is 1. The zero-order valence-electron chi connectivity index (χ0n) is 11.0. The standard InChI is InChI=1S/C16H16FNOS/c17-15-8-6-13(7-9-15)10-18-16(19)12-20-11-14-4-2-1-3-5-14/h1-9H,10-12H2,(H,18,19). The van der Waals surface area contributed by atoms with Gasteiger partial charge in [-0.2, -0.15) is 0 Å². The van der Waals surface area contributed by atoms with Crippen LogP contribution < -0.4 is 5.32 Å². The normalized spacial score (nSPS) is 10.2. The molecule has 0 radical (unpaired) electrons. The van der Waals surface area contributed by atoms with Crippen molar-refractivity contribution in [3.63, 3.8) is 0 Å². The molecular weight excluding hydrogens is 273 g/mol. The highest BCUT2D eigenvalue weighted by Gasteiger charge is 2.02. The molecule has 0 unspecified atom stereocenters. The summed E-state index contributed by atoms with van der Waals surface area (Å²) in [5.74, 6) is 0.981. The van der Waals surface area contributed by atoms with Gasteiger partial charge in [-0.3, -0.25) is 4.79 Å². The smallest absolute Gasteiger partial charge is 0.230 e. The lowest BCUT2D eigenvalue weighted by Gasteiger charge is -2.05. The van der Waals surface area contributed by atoms with E-state index < -0.39 is 0 Å². The second-order valence-electron chi connectivity index (χ2n) is 4.38. The quantitative estimate of drug-likeness (QED) is 0.883. The van der Waals surface area contributed by atoms with Gasteiger partial charge >= 0.3 is 0 Å². The molecule has 2 aromatic rings. The summed E-state index contributed by atoms with van der Waals surface area (Å²) in [6.45, 7) is 0.436. The van der Waals surface area contributed by atoms with Gasteiger partial charge in [-0.25, -0.2) is 4.39 Å². The minimum absolute atomic E-state index is 0.00439. The highest BCUT2D eigenvalue weighted by molar-refractivity contribution is 7.99. The summed E-state index contributed by atoms with van der Waals surface area (Å²) in [5.41, 5.74) is 2.11. The minimum atomic E-state index is -0.265. The molecule has 0 bridgehead atoms. The van der Waals surface area contributed by atoms with E-state index in [1.54, 1.807) is 23.9 Å². The van der Waals surface area contributed by atoms with Crippen molar-refractivity contribution < 1.29 is 9.18 Å². The maximum atomic E-state index is 12.7. The van der Waals surface area contributed by atoms with E-state index in [1.165, 1.54) is 17.7 Å². The third kappa shape index (κ3) is 5.05. The first kappa shape index (κ1) is 14.6. The summed E-state index contributed by atoms with van der Waals surface area (Å²) in [6.07, 6.45) is 0. The van der Waals surface area contributed by atoms with Crippen LogP contribution in [0.5, 0.6) is 0 Å². The average Bonchev–Trinajstić information content (AvgIpc) is 2.48. The van der Waals surface area contributed by atoms with Crippen LogP contribution in [0.15, 0.2) is 54.6 Å². The molecule has 2 nitrogen and oxygen atoms in total. The van der Waals surface area contributed by atoms with Crippen LogP contribution in [0.1, 0.15) is 11.1 Å². The Morgan fingerprint density at radius 1 is 1.00 bits per heavy atom. The molecule has 2 rings (SSSR count). The first-order valence-electron chi connectivity index (χ1n) is 6.37. The van der Waals surface area contributed by atoms with Gasteiger partial charge in [0, 0.05) is 12.3 Å². The van der Waals surface area contributed by atoms with Crippen molar-refractivity contribution in [2.45, 2.75) is 12.3 Å². The van der Waals surface area contributed by atoms with Gasteiger partial charge in [-0.05, 0) is 23.3 Å². The Kier molecular flexibility index (Phi) is 5.62. The molecule has 0 aliphatic carbocycles. The summed E-state index contributed by atoms with van der Waals surface area (Å²) in [6, 6.07) is 16.2. The van der Waals surface area contributed by atoms with E-state index in [4.69, 9.17) is 0 Å². The number of halogens is 1. The lowest BCUT2D eigenvalue weighted by atomic mass is 10.2. The van der Waals surface area contributed by atoms with Crippen molar-refractivity contribution in [2.75, 3.05) is 5.75 Å². The molecule has 1 amide bonds. The van der Waals surface area contributed by atoms with E-state index in [-0.39, 0.29) is 11.7 Å². The molecule has 0 aliphatic heterocycles. The van der Waals surface area contributed by atoms with Gasteiger partial charge < -0.3 is 5.32 Å². The summed E-state index contributed by atoms with van der Waals surface area (Å²) in [7, 11) is 0. The van der Waals surface area contributed by atoms with E-state index in [2.05, 4.69) is 5.32 Å². The van der Waals surface area contributed by atoms with E-state index in [0.29, 0.717) is 12.3 Å². The van der Waals surface area contributed by atoms with Gasteiger partial charge in [0.1, 0.15) is 5.82 Å². The Bertz CT molecular complexity index is 542. The van der Waals surface area contributed by atoms with Crippen LogP contribution in [-0.4, -0.2) is 11.7 Å². The lowest BCUT2D eigenvalue weighted by molar-refractivity contribution is -0.118. The fourth-order valence-corrected chi connectivity index (χ4v) is 2.51. The maximum absolute atomic E-state index is 12.7. The molecule has 4 heteroatoms. The Morgan fingerprint density at radius 3 is 2.40 bits per heavy atom. The van der Waals surface area contributed by atoms with Gasteiger partial charge in [0.05, 0.1) is 5.75 Å². The third-order valence-electron chi connectivity index (χ3n) is 2.75. The monoisotopic (exact) mass is 289 g/mol. The predicted molar refractivity (Wildman–Crippen MR) is 80.9 cm³/mol. The summed E-state index contributed by atoms with van der Waals surface area (Å²) in [4.78, 5) is 11.7. The molecule has 0 aromatic heterocycles. The van der Waals surface area contributed by atoms with Gasteiger partial charge in [-0.1, -0.05) is 42.5 Å². The largest absolute Gasteiger partial charge is 0.351 e. The molecule has 2 aromatic carbocycles. The number of benzene rings is 2. The Labute approximate surface area is 122 Å². The molecule has 0 fully saturated rings. The van der Waals surface area contributed by atoms with Crippen LogP contribution in [-0.2, 0) is 17.1 Å². The molecule has 0 saturated carbocycles. The van der Waals surface area contributed by atoms with Gasteiger partial charge in [0.2, 0.25) is 5.91 Å². The SMILES string of the molecule is O=C(CSCc1ccccc1)NCc1ccc(F)cc1. The zero-order chi connectivity index (χ0) is 14.2. The van der Waals surface area contributed by atoms with Crippen molar-refractivity contribution in [3.05, 3.63) is 71.5 Å². The molecule has 104 valence electrons. The minimum Gasteiger partial charge on any atom is -0.351 e. The second kappa shape index (κ2) is 7.70. The zero-order valence-corrected chi connectivity index (χ0v) is 11.8. The van der Waals surface area contributed by atoms with E-state index in [1.807, 2.05) is 30.3 Å². The molecule has 0 saturated heterocycles. The van der Waals surface area contributed by atoms with Crippen LogP contribution in [0, 0.1) is 5.82 Å². The number of hydrogen-bond acceptors (Lipinski definition) is 2. The molecular formula is C16H16FNOS. The fourth-order valence-electron chi connectivity index (χ4n) is 1.69. The van der Waals surface area contributed by atoms with Crippen molar-refractivity contribution in [2.24, 2.45) is 0 Å². The van der Waals surface area contributed by atoms with Crippen LogP contribution in [0.25, 0.3) is 0 Å². The summed E-state index contributed by atoms with van der Waals surface area (Å²) >= 11 is 1.58. The van der Waals surface area contributed by atoms with Crippen LogP contribution in [0.2, 0.25) is 0 Å². The first-order valence-corrected chi connectivity index (χ1v) is 7.52.